The largest absolute Gasteiger partial charge is 0.489 e. The molecule has 2 rings (SSSR count). The van der Waals surface area contributed by atoms with E-state index in [-0.39, 0.29) is 6.10 Å². The minimum absolute atomic E-state index is 0.254. The zero-order valence-corrected chi connectivity index (χ0v) is 9.82. The Morgan fingerprint density at radius 1 is 1.67 bits per heavy atom. The van der Waals surface area contributed by atoms with E-state index < -0.39 is 11.9 Å². The van der Waals surface area contributed by atoms with Crippen LogP contribution in [0.3, 0.4) is 0 Å². The van der Waals surface area contributed by atoms with Gasteiger partial charge in [0, 0.05) is 16.5 Å². The highest BCUT2D eigenvalue weighted by molar-refractivity contribution is 9.10. The number of hydrogen-bond acceptors (Lipinski definition) is 2. The smallest absolute Gasteiger partial charge is 0.309 e. The SMILES string of the molecule is CC(C(=O)O)C1Cc2c(Br)cccc2O1. The van der Waals surface area contributed by atoms with Crippen molar-refractivity contribution in [3.05, 3.63) is 28.2 Å². The van der Waals surface area contributed by atoms with Gasteiger partial charge in [0.2, 0.25) is 0 Å². The predicted molar refractivity (Wildman–Crippen MR) is 59.1 cm³/mol. The third-order valence-corrected chi connectivity index (χ3v) is 3.45. The number of carboxylic acids is 1. The second kappa shape index (κ2) is 3.85. The summed E-state index contributed by atoms with van der Waals surface area (Å²) in [4.78, 5) is 10.8. The van der Waals surface area contributed by atoms with Crippen LogP contribution in [0.25, 0.3) is 0 Å². The molecule has 15 heavy (non-hydrogen) atoms. The lowest BCUT2D eigenvalue weighted by molar-refractivity contribution is -0.143. The molecule has 2 unspecified atom stereocenters. The van der Waals surface area contributed by atoms with E-state index in [4.69, 9.17) is 9.84 Å². The van der Waals surface area contributed by atoms with Crippen molar-refractivity contribution in [1.82, 2.24) is 0 Å². The highest BCUT2D eigenvalue weighted by Crippen LogP contribution is 2.36. The fraction of sp³-hybridized carbons (Fsp3) is 0.364. The molecule has 0 spiro atoms. The third-order valence-electron chi connectivity index (χ3n) is 2.71. The molecule has 1 aromatic rings. The molecule has 4 heteroatoms. The van der Waals surface area contributed by atoms with Crippen LogP contribution in [0.15, 0.2) is 22.7 Å². The van der Waals surface area contributed by atoms with Gasteiger partial charge in [-0.15, -0.1) is 0 Å². The van der Waals surface area contributed by atoms with Crippen LogP contribution in [0, 0.1) is 5.92 Å². The summed E-state index contributed by atoms with van der Waals surface area (Å²) in [6.07, 6.45) is 0.403. The number of aliphatic carboxylic acids is 1. The zero-order valence-electron chi connectivity index (χ0n) is 8.24. The van der Waals surface area contributed by atoms with Gasteiger partial charge in [0.25, 0.3) is 0 Å². The molecule has 1 N–H and O–H groups in total. The van der Waals surface area contributed by atoms with Gasteiger partial charge in [-0.2, -0.15) is 0 Å². The summed E-state index contributed by atoms with van der Waals surface area (Å²) >= 11 is 3.43. The van der Waals surface area contributed by atoms with Crippen molar-refractivity contribution in [2.45, 2.75) is 19.4 Å². The Kier molecular flexibility index (Phi) is 2.69. The van der Waals surface area contributed by atoms with Crippen molar-refractivity contribution in [2.24, 2.45) is 5.92 Å². The lowest BCUT2D eigenvalue weighted by Gasteiger charge is -2.14. The average Bonchev–Trinajstić information content (AvgIpc) is 2.61. The third kappa shape index (κ3) is 1.86. The Hall–Kier alpha value is -1.03. The second-order valence-electron chi connectivity index (χ2n) is 3.70. The zero-order chi connectivity index (χ0) is 11.0. The number of carboxylic acid groups (broad SMARTS) is 1. The summed E-state index contributed by atoms with van der Waals surface area (Å²) in [6.45, 7) is 1.67. The molecule has 3 nitrogen and oxygen atoms in total. The maximum atomic E-state index is 10.8. The van der Waals surface area contributed by atoms with Gasteiger partial charge in [0.05, 0.1) is 5.92 Å². The van der Waals surface area contributed by atoms with Crippen molar-refractivity contribution < 1.29 is 14.6 Å². The minimum Gasteiger partial charge on any atom is -0.489 e. The van der Waals surface area contributed by atoms with E-state index in [0.29, 0.717) is 6.42 Å². The molecule has 1 heterocycles. The van der Waals surface area contributed by atoms with Gasteiger partial charge >= 0.3 is 5.97 Å². The van der Waals surface area contributed by atoms with Crippen LogP contribution in [0.4, 0.5) is 0 Å². The molecule has 1 aromatic carbocycles. The van der Waals surface area contributed by atoms with Crippen LogP contribution in [0.2, 0.25) is 0 Å². The molecule has 0 amide bonds. The Balaban J connectivity index is 2.23. The number of ether oxygens (including phenoxy) is 1. The molecule has 2 atom stereocenters. The molecule has 0 aromatic heterocycles. The van der Waals surface area contributed by atoms with Crippen LogP contribution in [-0.4, -0.2) is 17.2 Å². The van der Waals surface area contributed by atoms with Gasteiger partial charge in [0.1, 0.15) is 11.9 Å². The van der Waals surface area contributed by atoms with Crippen molar-refractivity contribution >= 4 is 21.9 Å². The molecule has 1 aliphatic rings. The molecular formula is C11H11BrO3. The van der Waals surface area contributed by atoms with Crippen LogP contribution < -0.4 is 4.74 Å². The number of fused-ring (bicyclic) bond motifs is 1. The molecule has 0 bridgehead atoms. The normalized spacial score (nSPS) is 20.5. The first-order valence-corrected chi connectivity index (χ1v) is 5.55. The Morgan fingerprint density at radius 3 is 3.00 bits per heavy atom. The van der Waals surface area contributed by atoms with E-state index in [9.17, 15) is 4.79 Å². The van der Waals surface area contributed by atoms with E-state index in [1.807, 2.05) is 18.2 Å². The number of hydrogen-bond donors (Lipinski definition) is 1. The summed E-state index contributed by atoms with van der Waals surface area (Å²) < 4.78 is 6.59. The highest BCUT2D eigenvalue weighted by Gasteiger charge is 2.32. The van der Waals surface area contributed by atoms with Gasteiger partial charge in [0.15, 0.2) is 0 Å². The number of benzene rings is 1. The van der Waals surface area contributed by atoms with Gasteiger partial charge in [-0.1, -0.05) is 22.0 Å². The molecule has 0 fully saturated rings. The first-order chi connectivity index (χ1) is 7.09. The average molecular weight is 271 g/mol. The van der Waals surface area contributed by atoms with Crippen LogP contribution in [-0.2, 0) is 11.2 Å². The molecular weight excluding hydrogens is 260 g/mol. The van der Waals surface area contributed by atoms with E-state index >= 15 is 0 Å². The van der Waals surface area contributed by atoms with Crippen molar-refractivity contribution in [2.75, 3.05) is 0 Å². The summed E-state index contributed by atoms with van der Waals surface area (Å²) in [6, 6.07) is 5.70. The second-order valence-corrected chi connectivity index (χ2v) is 4.56. The van der Waals surface area contributed by atoms with Gasteiger partial charge in [-0.05, 0) is 19.1 Å². The van der Waals surface area contributed by atoms with Crippen LogP contribution >= 0.6 is 15.9 Å². The molecule has 0 saturated carbocycles. The summed E-state index contributed by atoms with van der Waals surface area (Å²) in [5, 5.41) is 8.90. The lowest BCUT2D eigenvalue weighted by atomic mass is 10.0. The monoisotopic (exact) mass is 270 g/mol. The van der Waals surface area contributed by atoms with Crippen LogP contribution in [0.5, 0.6) is 5.75 Å². The molecule has 1 aliphatic heterocycles. The molecule has 0 aliphatic carbocycles. The molecule has 0 saturated heterocycles. The molecule has 80 valence electrons. The van der Waals surface area contributed by atoms with E-state index in [0.717, 1.165) is 15.8 Å². The topological polar surface area (TPSA) is 46.5 Å². The predicted octanol–water partition coefficient (Wildman–Crippen LogP) is 2.47. The maximum Gasteiger partial charge on any atom is 0.309 e. The molecule has 0 radical (unpaired) electrons. The van der Waals surface area contributed by atoms with E-state index in [1.165, 1.54) is 0 Å². The summed E-state index contributed by atoms with van der Waals surface area (Å²) in [5.74, 6) is -0.504. The minimum atomic E-state index is -0.816. The Labute approximate surface area is 96.2 Å². The fourth-order valence-corrected chi connectivity index (χ4v) is 2.20. The number of halogens is 1. The first-order valence-electron chi connectivity index (χ1n) is 4.76. The van der Waals surface area contributed by atoms with Gasteiger partial charge in [-0.3, -0.25) is 4.79 Å². The number of rotatable bonds is 2. The maximum absolute atomic E-state index is 10.8. The number of carbonyl (C=O) groups is 1. The Bertz CT molecular complexity index is 403. The van der Waals surface area contributed by atoms with E-state index in [2.05, 4.69) is 15.9 Å². The van der Waals surface area contributed by atoms with Gasteiger partial charge in [-0.25, -0.2) is 0 Å². The standard InChI is InChI=1S/C11H11BrO3/c1-6(11(13)14)10-5-7-8(12)3-2-4-9(7)15-10/h2-4,6,10H,5H2,1H3,(H,13,14). The summed E-state index contributed by atoms with van der Waals surface area (Å²) in [7, 11) is 0. The van der Waals surface area contributed by atoms with Crippen molar-refractivity contribution in [3.8, 4) is 5.75 Å². The van der Waals surface area contributed by atoms with Crippen molar-refractivity contribution in [1.29, 1.82) is 0 Å². The Morgan fingerprint density at radius 2 is 2.40 bits per heavy atom. The van der Waals surface area contributed by atoms with Crippen molar-refractivity contribution in [3.63, 3.8) is 0 Å². The quantitative estimate of drug-likeness (QED) is 0.898. The summed E-state index contributed by atoms with van der Waals surface area (Å²) in [5.41, 5.74) is 1.07. The van der Waals surface area contributed by atoms with Crippen LogP contribution in [0.1, 0.15) is 12.5 Å². The van der Waals surface area contributed by atoms with E-state index in [1.54, 1.807) is 6.92 Å². The first kappa shape index (κ1) is 10.5. The fourth-order valence-electron chi connectivity index (χ4n) is 1.69. The van der Waals surface area contributed by atoms with Gasteiger partial charge < -0.3 is 9.84 Å². The highest BCUT2D eigenvalue weighted by atomic mass is 79.9. The lowest BCUT2D eigenvalue weighted by Crippen LogP contribution is -2.29.